The number of Topliss-reactive ketones (excluding diaryl/α,β-unsaturated/α-hetero) is 1. The lowest BCUT2D eigenvalue weighted by Gasteiger charge is -2.50. The maximum atomic E-state index is 13.5. The summed E-state index contributed by atoms with van der Waals surface area (Å²) in [5.41, 5.74) is 0.218. The van der Waals surface area contributed by atoms with Gasteiger partial charge >= 0.3 is 0 Å². The molecule has 0 radical (unpaired) electrons. The number of hydrogen-bond acceptors (Lipinski definition) is 7. The predicted molar refractivity (Wildman–Crippen MR) is 154 cm³/mol. The third-order valence-electron chi connectivity index (χ3n) is 7.76. The van der Waals surface area contributed by atoms with Crippen LogP contribution in [0.2, 0.25) is 0 Å². The number of nitrogens with one attached hydrogen (secondary N) is 4. The predicted octanol–water partition coefficient (Wildman–Crippen LogP) is 2.52. The molecule has 1 amide bonds. The van der Waals surface area contributed by atoms with Crippen molar-refractivity contribution >= 4 is 11.7 Å². The van der Waals surface area contributed by atoms with Gasteiger partial charge in [0.25, 0.3) is 0 Å². The lowest BCUT2D eigenvalue weighted by molar-refractivity contribution is -0.134. The zero-order valence-electron chi connectivity index (χ0n) is 25.6. The summed E-state index contributed by atoms with van der Waals surface area (Å²) >= 11 is 0. The van der Waals surface area contributed by atoms with Crippen LogP contribution in [0.1, 0.15) is 94.4 Å². The second-order valence-electron chi connectivity index (χ2n) is 14.4. The van der Waals surface area contributed by atoms with E-state index in [1.54, 1.807) is 6.92 Å². The van der Waals surface area contributed by atoms with Crippen molar-refractivity contribution in [2.24, 2.45) is 0 Å². The molecule has 0 aromatic rings. The van der Waals surface area contributed by atoms with Crippen LogP contribution in [-0.4, -0.2) is 102 Å². The molecule has 0 unspecified atom stereocenters. The van der Waals surface area contributed by atoms with Crippen molar-refractivity contribution in [2.45, 2.75) is 129 Å². The maximum Gasteiger partial charge on any atom is 0.236 e. The van der Waals surface area contributed by atoms with E-state index in [0.717, 1.165) is 45.2 Å². The summed E-state index contributed by atoms with van der Waals surface area (Å²) in [7, 11) is 2.25. The average molecular weight is 523 g/mol. The molecule has 0 aromatic heterocycles. The van der Waals surface area contributed by atoms with Crippen molar-refractivity contribution in [3.8, 4) is 0 Å². The van der Waals surface area contributed by atoms with E-state index in [1.165, 1.54) is 0 Å². The topological polar surface area (TPSA) is 88.7 Å². The first-order valence-corrected chi connectivity index (χ1v) is 14.4. The number of ketones is 1. The normalized spacial score (nSPS) is 23.2. The van der Waals surface area contributed by atoms with Gasteiger partial charge in [-0.2, -0.15) is 0 Å². The molecule has 8 nitrogen and oxygen atoms in total. The molecule has 2 aliphatic rings. The number of rotatable bonds is 13. The zero-order chi connectivity index (χ0) is 28.1. The fourth-order valence-electron chi connectivity index (χ4n) is 6.99. The number of amides is 1. The maximum absolute atomic E-state index is 13.5. The minimum Gasteiger partial charge on any atom is -0.338 e. The lowest BCUT2D eigenvalue weighted by Crippen LogP contribution is -2.63. The average Bonchev–Trinajstić information content (AvgIpc) is 2.68. The first kappa shape index (κ1) is 32.2. The van der Waals surface area contributed by atoms with Crippen LogP contribution in [0.25, 0.3) is 0 Å². The quantitative estimate of drug-likeness (QED) is 0.277. The summed E-state index contributed by atoms with van der Waals surface area (Å²) in [4.78, 5) is 29.3. The van der Waals surface area contributed by atoms with Crippen LogP contribution in [0, 0.1) is 0 Å². The van der Waals surface area contributed by atoms with E-state index in [-0.39, 0.29) is 39.9 Å². The van der Waals surface area contributed by atoms with Crippen LogP contribution in [-0.2, 0) is 9.59 Å². The third kappa shape index (κ3) is 11.3. The molecular weight excluding hydrogens is 464 g/mol. The zero-order valence-corrected chi connectivity index (χ0v) is 25.6. The summed E-state index contributed by atoms with van der Waals surface area (Å²) in [5, 5.41) is 13.9. The second kappa shape index (κ2) is 12.9. The highest BCUT2D eigenvalue weighted by atomic mass is 16.2. The highest BCUT2D eigenvalue weighted by Gasteiger charge is 2.41. The van der Waals surface area contributed by atoms with Gasteiger partial charge in [0.05, 0.1) is 13.1 Å². The van der Waals surface area contributed by atoms with Gasteiger partial charge in [-0.05, 0) is 108 Å². The van der Waals surface area contributed by atoms with E-state index < -0.39 is 0 Å². The van der Waals surface area contributed by atoms with Gasteiger partial charge in [0, 0.05) is 53.9 Å². The SMILES string of the molecule is CC(=O)CNCCNCC(=O)N(CCCN(C)C1CC(C)(C)NC(C)(C)C1)C1CC(C)(C)NC(C)(C)C1. The van der Waals surface area contributed by atoms with E-state index in [4.69, 9.17) is 0 Å². The summed E-state index contributed by atoms with van der Waals surface area (Å²) in [6.07, 6.45) is 5.14. The Bertz CT molecular complexity index is 731. The van der Waals surface area contributed by atoms with Gasteiger partial charge in [0.1, 0.15) is 5.78 Å². The summed E-state index contributed by atoms with van der Waals surface area (Å²) < 4.78 is 0. The van der Waals surface area contributed by atoms with Crippen LogP contribution in [0.4, 0.5) is 0 Å². The Morgan fingerprint density at radius 3 is 1.62 bits per heavy atom. The van der Waals surface area contributed by atoms with Crippen molar-refractivity contribution < 1.29 is 9.59 Å². The molecule has 0 aromatic carbocycles. The van der Waals surface area contributed by atoms with E-state index in [9.17, 15) is 9.59 Å². The third-order valence-corrected chi connectivity index (χ3v) is 7.76. The van der Waals surface area contributed by atoms with Crippen LogP contribution in [0.5, 0.6) is 0 Å². The van der Waals surface area contributed by atoms with Crippen molar-refractivity contribution in [1.29, 1.82) is 0 Å². The monoisotopic (exact) mass is 522 g/mol. The van der Waals surface area contributed by atoms with Gasteiger partial charge in [-0.15, -0.1) is 0 Å². The molecule has 0 aliphatic carbocycles. The van der Waals surface area contributed by atoms with Crippen molar-refractivity contribution in [3.05, 3.63) is 0 Å². The van der Waals surface area contributed by atoms with Gasteiger partial charge in [0.15, 0.2) is 0 Å². The van der Waals surface area contributed by atoms with Crippen LogP contribution >= 0.6 is 0 Å². The van der Waals surface area contributed by atoms with Gasteiger partial charge in [-0.3, -0.25) is 9.59 Å². The molecular formula is C29H58N6O2. The highest BCUT2D eigenvalue weighted by Crippen LogP contribution is 2.33. The Morgan fingerprint density at radius 1 is 0.730 bits per heavy atom. The molecule has 2 fully saturated rings. The number of carbonyl (C=O) groups excluding carboxylic acids is 2. The largest absolute Gasteiger partial charge is 0.338 e. The molecule has 2 heterocycles. The summed E-state index contributed by atoms with van der Waals surface area (Å²) in [6, 6.07) is 0.759. The molecule has 2 aliphatic heterocycles. The minimum absolute atomic E-state index is 0.0158. The van der Waals surface area contributed by atoms with Gasteiger partial charge in [-0.25, -0.2) is 0 Å². The lowest BCUT2D eigenvalue weighted by atomic mass is 9.78. The number of hydrogen-bond donors (Lipinski definition) is 4. The Labute approximate surface area is 227 Å². The minimum atomic E-state index is -0.0158. The number of piperidine rings is 2. The first-order chi connectivity index (χ1) is 16.9. The fourth-order valence-corrected chi connectivity index (χ4v) is 6.99. The first-order valence-electron chi connectivity index (χ1n) is 14.4. The molecule has 2 saturated heterocycles. The Hall–Kier alpha value is -1.06. The van der Waals surface area contributed by atoms with Crippen LogP contribution in [0.3, 0.4) is 0 Å². The van der Waals surface area contributed by atoms with Crippen LogP contribution < -0.4 is 21.3 Å². The smallest absolute Gasteiger partial charge is 0.236 e. The molecule has 0 spiro atoms. The fraction of sp³-hybridized carbons (Fsp3) is 0.931. The van der Waals surface area contributed by atoms with Crippen molar-refractivity contribution in [1.82, 2.24) is 31.1 Å². The Balaban J connectivity index is 1.99. The highest BCUT2D eigenvalue weighted by molar-refractivity contribution is 5.78. The number of carbonyl (C=O) groups is 2. The molecule has 0 bridgehead atoms. The Kier molecular flexibility index (Phi) is 11.2. The van der Waals surface area contributed by atoms with Gasteiger partial charge in [0.2, 0.25) is 5.91 Å². The molecule has 0 saturated carbocycles. The molecule has 216 valence electrons. The van der Waals surface area contributed by atoms with E-state index in [0.29, 0.717) is 32.2 Å². The molecule has 2 rings (SSSR count). The summed E-state index contributed by atoms with van der Waals surface area (Å²) in [6.45, 7) is 23.6. The molecule has 8 heteroatoms. The van der Waals surface area contributed by atoms with Gasteiger partial charge in [-0.1, -0.05) is 0 Å². The second-order valence-corrected chi connectivity index (χ2v) is 14.4. The molecule has 37 heavy (non-hydrogen) atoms. The van der Waals surface area contributed by atoms with Crippen LogP contribution in [0.15, 0.2) is 0 Å². The number of nitrogens with zero attached hydrogens (tertiary/aromatic N) is 2. The van der Waals surface area contributed by atoms with E-state index >= 15 is 0 Å². The van der Waals surface area contributed by atoms with Crippen molar-refractivity contribution in [3.63, 3.8) is 0 Å². The molecule has 0 atom stereocenters. The standard InChI is InChI=1S/C29H58N6O2/c1-22(36)20-30-12-13-31-21-25(37)35(24-18-28(6,7)33-29(8,9)19-24)15-11-14-34(10)23-16-26(2,3)32-27(4,5)17-23/h23-24,30-33H,11-21H2,1-10H3. The van der Waals surface area contributed by atoms with E-state index in [1.807, 2.05) is 0 Å². The van der Waals surface area contributed by atoms with E-state index in [2.05, 4.69) is 93.5 Å². The summed E-state index contributed by atoms with van der Waals surface area (Å²) in [5.74, 6) is 0.303. The molecule has 4 N–H and O–H groups in total. The van der Waals surface area contributed by atoms with Gasteiger partial charge < -0.3 is 31.1 Å². The Morgan fingerprint density at radius 2 is 1.16 bits per heavy atom. The van der Waals surface area contributed by atoms with Crippen molar-refractivity contribution in [2.75, 3.05) is 46.3 Å².